The van der Waals surface area contributed by atoms with Gasteiger partial charge in [0.2, 0.25) is 0 Å². The maximum absolute atomic E-state index is 12.9. The van der Waals surface area contributed by atoms with Gasteiger partial charge in [-0.1, -0.05) is 43.6 Å². The molecule has 3 aromatic rings. The summed E-state index contributed by atoms with van der Waals surface area (Å²) in [5.74, 6) is 0.290. The molecule has 0 bridgehead atoms. The van der Waals surface area contributed by atoms with E-state index in [4.69, 9.17) is 23.8 Å². The molecule has 5 heteroatoms. The lowest BCUT2D eigenvalue weighted by Gasteiger charge is -2.15. The summed E-state index contributed by atoms with van der Waals surface area (Å²) in [7, 11) is 0. The van der Waals surface area contributed by atoms with Crippen molar-refractivity contribution in [2.45, 2.75) is 19.8 Å². The third-order valence-corrected chi connectivity index (χ3v) is 4.18. The molecule has 1 heterocycles. The van der Waals surface area contributed by atoms with Crippen molar-refractivity contribution >= 4 is 34.7 Å². The number of halogens is 1. The fraction of sp³-hybridized carbons (Fsp3) is 0.176. The average Bonchev–Trinajstić information content (AvgIpc) is 2.47. The Labute approximate surface area is 138 Å². The number of aromatic amines is 1. The van der Waals surface area contributed by atoms with Crippen LogP contribution in [0.25, 0.3) is 16.6 Å². The highest BCUT2D eigenvalue weighted by atomic mass is 35.5. The molecule has 0 amide bonds. The van der Waals surface area contributed by atoms with E-state index in [1.165, 1.54) is 0 Å². The van der Waals surface area contributed by atoms with Crippen LogP contribution in [-0.4, -0.2) is 9.55 Å². The van der Waals surface area contributed by atoms with Gasteiger partial charge in [-0.05, 0) is 48.0 Å². The molecule has 0 atom stereocenters. The zero-order valence-electron chi connectivity index (χ0n) is 12.3. The fourth-order valence-corrected chi connectivity index (χ4v) is 3.05. The maximum Gasteiger partial charge on any atom is 0.266 e. The molecule has 0 aliphatic carbocycles. The van der Waals surface area contributed by atoms with Crippen molar-refractivity contribution in [3.63, 3.8) is 0 Å². The van der Waals surface area contributed by atoms with E-state index in [1.54, 1.807) is 22.8 Å². The molecule has 1 N–H and O–H groups in total. The van der Waals surface area contributed by atoms with Crippen LogP contribution in [0.4, 0.5) is 0 Å². The highest BCUT2D eigenvalue weighted by Gasteiger charge is 2.12. The van der Waals surface area contributed by atoms with Gasteiger partial charge in [0.15, 0.2) is 4.77 Å². The first kappa shape index (κ1) is 15.0. The van der Waals surface area contributed by atoms with E-state index in [0.29, 0.717) is 26.6 Å². The summed E-state index contributed by atoms with van der Waals surface area (Å²) in [6.07, 6.45) is 0. The predicted octanol–water partition coefficient (Wildman–Crippen LogP) is 4.83. The number of H-pyrrole nitrogens is 1. The Hall–Kier alpha value is -1.91. The largest absolute Gasteiger partial charge is 0.331 e. The Bertz CT molecular complexity index is 972. The average molecular weight is 331 g/mol. The van der Waals surface area contributed by atoms with Gasteiger partial charge >= 0.3 is 0 Å². The molecule has 0 spiro atoms. The third kappa shape index (κ3) is 2.49. The van der Waals surface area contributed by atoms with Crippen molar-refractivity contribution in [3.05, 3.63) is 68.2 Å². The monoisotopic (exact) mass is 330 g/mol. The summed E-state index contributed by atoms with van der Waals surface area (Å²) in [5.41, 5.74) is 2.42. The molecule has 0 unspecified atom stereocenters. The van der Waals surface area contributed by atoms with Crippen molar-refractivity contribution < 1.29 is 0 Å². The summed E-state index contributed by atoms with van der Waals surface area (Å²) in [5, 5.41) is 1.13. The molecule has 0 radical (unpaired) electrons. The van der Waals surface area contributed by atoms with Gasteiger partial charge in [-0.3, -0.25) is 9.36 Å². The smallest absolute Gasteiger partial charge is 0.266 e. The number of hydrogen-bond acceptors (Lipinski definition) is 2. The van der Waals surface area contributed by atoms with Crippen LogP contribution in [0.3, 0.4) is 0 Å². The van der Waals surface area contributed by atoms with Gasteiger partial charge in [0.1, 0.15) is 0 Å². The molecule has 3 rings (SSSR count). The van der Waals surface area contributed by atoms with Crippen molar-refractivity contribution in [2.24, 2.45) is 0 Å². The number of para-hydroxylation sites is 1. The van der Waals surface area contributed by atoms with Crippen molar-refractivity contribution in [1.29, 1.82) is 0 Å². The summed E-state index contributed by atoms with van der Waals surface area (Å²) >= 11 is 11.4. The van der Waals surface area contributed by atoms with E-state index < -0.39 is 0 Å². The number of benzene rings is 2. The second kappa shape index (κ2) is 5.71. The third-order valence-electron chi connectivity index (χ3n) is 3.66. The molecular weight excluding hydrogens is 316 g/mol. The van der Waals surface area contributed by atoms with Gasteiger partial charge in [-0.2, -0.15) is 0 Å². The number of rotatable bonds is 2. The van der Waals surface area contributed by atoms with Crippen LogP contribution in [0.1, 0.15) is 25.3 Å². The van der Waals surface area contributed by atoms with Crippen LogP contribution in [0.2, 0.25) is 5.02 Å². The van der Waals surface area contributed by atoms with Gasteiger partial charge < -0.3 is 4.98 Å². The second-order valence-corrected chi connectivity index (χ2v) is 6.30. The van der Waals surface area contributed by atoms with Crippen LogP contribution in [0.15, 0.2) is 47.3 Å². The zero-order valence-corrected chi connectivity index (χ0v) is 13.8. The molecular formula is C17H15ClN2OS. The lowest BCUT2D eigenvalue weighted by molar-refractivity contribution is 0.830. The quantitative estimate of drug-likeness (QED) is 0.684. The summed E-state index contributed by atoms with van der Waals surface area (Å²) in [4.78, 5) is 16.0. The Balaban J connectivity index is 2.41. The number of nitrogens with one attached hydrogen (secondary N) is 1. The predicted molar refractivity (Wildman–Crippen MR) is 93.8 cm³/mol. The summed E-state index contributed by atoms with van der Waals surface area (Å²) in [6, 6.07) is 13.0. The number of aromatic nitrogens is 2. The van der Waals surface area contributed by atoms with E-state index >= 15 is 0 Å². The molecule has 2 aromatic carbocycles. The minimum atomic E-state index is -0.136. The molecule has 0 saturated carbocycles. The van der Waals surface area contributed by atoms with Crippen LogP contribution in [0.5, 0.6) is 0 Å². The molecule has 112 valence electrons. The molecule has 0 aliphatic heterocycles. The molecule has 0 aliphatic rings. The SMILES string of the molecule is CC(C)c1ccccc1-n1c(=S)[nH]c2cc(Cl)ccc2c1=O. The van der Waals surface area contributed by atoms with Crippen LogP contribution >= 0.6 is 23.8 Å². The van der Waals surface area contributed by atoms with Gasteiger partial charge in [0.05, 0.1) is 16.6 Å². The lowest BCUT2D eigenvalue weighted by Crippen LogP contribution is -2.21. The fourth-order valence-electron chi connectivity index (χ4n) is 2.59. The molecule has 0 saturated heterocycles. The zero-order chi connectivity index (χ0) is 15.9. The Morgan fingerprint density at radius 2 is 1.91 bits per heavy atom. The number of fused-ring (bicyclic) bond motifs is 1. The summed E-state index contributed by atoms with van der Waals surface area (Å²) < 4.78 is 1.92. The minimum Gasteiger partial charge on any atom is -0.331 e. The standard InChI is InChI=1S/C17H15ClN2OS/c1-10(2)12-5-3-4-6-15(12)20-16(21)13-8-7-11(18)9-14(13)19-17(20)22/h3-10H,1-2H3,(H,19,22). The first-order chi connectivity index (χ1) is 10.5. The Kier molecular flexibility index (Phi) is 3.89. The lowest BCUT2D eigenvalue weighted by atomic mass is 10.0. The number of nitrogens with zero attached hydrogens (tertiary/aromatic N) is 1. The minimum absolute atomic E-state index is 0.136. The van der Waals surface area contributed by atoms with Gasteiger partial charge in [0.25, 0.3) is 5.56 Å². The van der Waals surface area contributed by atoms with E-state index in [2.05, 4.69) is 18.8 Å². The summed E-state index contributed by atoms with van der Waals surface area (Å²) in [6.45, 7) is 4.19. The van der Waals surface area contributed by atoms with Gasteiger partial charge in [-0.15, -0.1) is 0 Å². The number of hydrogen-bond donors (Lipinski definition) is 1. The molecule has 3 nitrogen and oxygen atoms in total. The van der Waals surface area contributed by atoms with E-state index in [1.807, 2.05) is 24.3 Å². The van der Waals surface area contributed by atoms with Gasteiger partial charge in [0, 0.05) is 5.02 Å². The van der Waals surface area contributed by atoms with E-state index in [9.17, 15) is 4.79 Å². The first-order valence-corrected chi connectivity index (χ1v) is 7.81. The normalized spacial score (nSPS) is 11.3. The first-order valence-electron chi connectivity index (χ1n) is 7.03. The van der Waals surface area contributed by atoms with Gasteiger partial charge in [-0.25, -0.2) is 0 Å². The highest BCUT2D eigenvalue weighted by molar-refractivity contribution is 7.71. The van der Waals surface area contributed by atoms with E-state index in [0.717, 1.165) is 11.3 Å². The second-order valence-electron chi connectivity index (χ2n) is 5.47. The van der Waals surface area contributed by atoms with Crippen LogP contribution in [-0.2, 0) is 0 Å². The van der Waals surface area contributed by atoms with Crippen LogP contribution in [0, 0.1) is 4.77 Å². The Morgan fingerprint density at radius 1 is 1.18 bits per heavy atom. The topological polar surface area (TPSA) is 37.8 Å². The van der Waals surface area contributed by atoms with Crippen molar-refractivity contribution in [2.75, 3.05) is 0 Å². The Morgan fingerprint density at radius 3 is 2.64 bits per heavy atom. The van der Waals surface area contributed by atoms with Crippen molar-refractivity contribution in [1.82, 2.24) is 9.55 Å². The highest BCUT2D eigenvalue weighted by Crippen LogP contribution is 2.23. The molecule has 1 aromatic heterocycles. The molecule has 22 heavy (non-hydrogen) atoms. The van der Waals surface area contributed by atoms with Crippen molar-refractivity contribution in [3.8, 4) is 5.69 Å². The molecule has 0 fully saturated rings. The van der Waals surface area contributed by atoms with E-state index in [-0.39, 0.29) is 5.56 Å². The van der Waals surface area contributed by atoms with Crippen LogP contribution < -0.4 is 5.56 Å². The maximum atomic E-state index is 12.9.